The molecule has 0 unspecified atom stereocenters. The quantitative estimate of drug-likeness (QED) is 0.622. The summed E-state index contributed by atoms with van der Waals surface area (Å²) in [6.45, 7) is 0. The summed E-state index contributed by atoms with van der Waals surface area (Å²) >= 11 is 5.73. The van der Waals surface area contributed by atoms with Gasteiger partial charge in [0.05, 0.1) is 5.56 Å². The van der Waals surface area contributed by atoms with E-state index in [0.717, 1.165) is 19.3 Å². The standard InChI is InChI=1S/C11H12ClNO2/c12-7-4-5-9(10(13)6-7)11(14)15-8-2-1-3-8/h4-6,8H,1-3,13H2. The van der Waals surface area contributed by atoms with E-state index >= 15 is 0 Å². The molecule has 0 spiro atoms. The Morgan fingerprint density at radius 1 is 1.47 bits per heavy atom. The smallest absolute Gasteiger partial charge is 0.340 e. The van der Waals surface area contributed by atoms with Gasteiger partial charge in [-0.3, -0.25) is 0 Å². The summed E-state index contributed by atoms with van der Waals surface area (Å²) in [5.41, 5.74) is 6.43. The largest absolute Gasteiger partial charge is 0.459 e. The van der Waals surface area contributed by atoms with Gasteiger partial charge in [-0.1, -0.05) is 11.6 Å². The van der Waals surface area contributed by atoms with Crippen molar-refractivity contribution in [1.29, 1.82) is 0 Å². The molecule has 1 fully saturated rings. The number of benzene rings is 1. The van der Waals surface area contributed by atoms with Crippen LogP contribution in [-0.2, 0) is 4.74 Å². The zero-order valence-electron chi connectivity index (χ0n) is 8.20. The fraction of sp³-hybridized carbons (Fsp3) is 0.364. The molecular weight excluding hydrogens is 214 g/mol. The van der Waals surface area contributed by atoms with E-state index in [2.05, 4.69) is 0 Å². The summed E-state index contributed by atoms with van der Waals surface area (Å²) < 4.78 is 5.23. The lowest BCUT2D eigenvalue weighted by atomic mass is 9.96. The predicted molar refractivity (Wildman–Crippen MR) is 58.9 cm³/mol. The fourth-order valence-corrected chi connectivity index (χ4v) is 1.60. The van der Waals surface area contributed by atoms with E-state index in [0.29, 0.717) is 16.3 Å². The van der Waals surface area contributed by atoms with E-state index in [1.165, 1.54) is 0 Å². The summed E-state index contributed by atoms with van der Waals surface area (Å²) in [7, 11) is 0. The topological polar surface area (TPSA) is 52.3 Å². The highest BCUT2D eigenvalue weighted by Crippen LogP contribution is 2.25. The first-order valence-electron chi connectivity index (χ1n) is 4.93. The Labute approximate surface area is 93.2 Å². The van der Waals surface area contributed by atoms with Crippen LogP contribution in [0.4, 0.5) is 5.69 Å². The van der Waals surface area contributed by atoms with Crippen LogP contribution in [0.5, 0.6) is 0 Å². The van der Waals surface area contributed by atoms with Crippen molar-refractivity contribution in [3.05, 3.63) is 28.8 Å². The Hall–Kier alpha value is -1.22. The van der Waals surface area contributed by atoms with E-state index < -0.39 is 0 Å². The molecule has 15 heavy (non-hydrogen) atoms. The molecule has 0 aliphatic heterocycles. The maximum Gasteiger partial charge on any atom is 0.340 e. The molecule has 0 radical (unpaired) electrons. The van der Waals surface area contributed by atoms with E-state index in [1.54, 1.807) is 18.2 Å². The summed E-state index contributed by atoms with van der Waals surface area (Å²) in [5, 5.41) is 0.521. The summed E-state index contributed by atoms with van der Waals surface area (Å²) in [6.07, 6.45) is 3.12. The van der Waals surface area contributed by atoms with Gasteiger partial charge in [0.1, 0.15) is 6.10 Å². The summed E-state index contributed by atoms with van der Waals surface area (Å²) in [4.78, 5) is 11.6. The highest BCUT2D eigenvalue weighted by molar-refractivity contribution is 6.31. The lowest BCUT2D eigenvalue weighted by Gasteiger charge is -2.25. The van der Waals surface area contributed by atoms with Gasteiger partial charge in [-0.25, -0.2) is 4.79 Å². The number of nitrogens with two attached hydrogens (primary N) is 1. The molecule has 4 heteroatoms. The third kappa shape index (κ3) is 2.23. The number of carbonyl (C=O) groups is 1. The van der Waals surface area contributed by atoms with Crippen molar-refractivity contribution in [1.82, 2.24) is 0 Å². The van der Waals surface area contributed by atoms with Crippen LogP contribution in [0.3, 0.4) is 0 Å². The molecule has 1 saturated carbocycles. The van der Waals surface area contributed by atoms with Crippen molar-refractivity contribution < 1.29 is 9.53 Å². The number of anilines is 1. The van der Waals surface area contributed by atoms with Gasteiger partial charge in [-0.2, -0.15) is 0 Å². The predicted octanol–water partition coefficient (Wildman–Crippen LogP) is 2.63. The first kappa shape index (κ1) is 10.3. The number of carbonyl (C=O) groups excluding carboxylic acids is 1. The Morgan fingerprint density at radius 2 is 2.20 bits per heavy atom. The molecule has 1 aromatic carbocycles. The molecule has 0 aromatic heterocycles. The Balaban J connectivity index is 2.10. The first-order chi connectivity index (χ1) is 7.16. The molecule has 1 aromatic rings. The van der Waals surface area contributed by atoms with Crippen molar-refractivity contribution in [2.75, 3.05) is 5.73 Å². The van der Waals surface area contributed by atoms with Crippen molar-refractivity contribution >= 4 is 23.3 Å². The molecular formula is C11H12ClNO2. The van der Waals surface area contributed by atoms with Gasteiger partial charge < -0.3 is 10.5 Å². The van der Waals surface area contributed by atoms with Gasteiger partial charge in [0.15, 0.2) is 0 Å². The summed E-state index contributed by atoms with van der Waals surface area (Å²) in [5.74, 6) is -0.353. The van der Waals surface area contributed by atoms with Gasteiger partial charge in [0.25, 0.3) is 0 Å². The second kappa shape index (κ2) is 4.11. The second-order valence-corrected chi connectivity index (χ2v) is 4.13. The Morgan fingerprint density at radius 3 is 2.73 bits per heavy atom. The van der Waals surface area contributed by atoms with Gasteiger partial charge in [0, 0.05) is 10.7 Å². The third-order valence-corrected chi connectivity index (χ3v) is 2.79. The number of esters is 1. The molecule has 0 amide bonds. The third-order valence-electron chi connectivity index (χ3n) is 2.56. The van der Waals surface area contributed by atoms with Gasteiger partial charge in [-0.15, -0.1) is 0 Å². The van der Waals surface area contributed by atoms with Crippen LogP contribution < -0.4 is 5.73 Å². The van der Waals surface area contributed by atoms with E-state index in [1.807, 2.05) is 0 Å². The van der Waals surface area contributed by atoms with Crippen LogP contribution in [0.25, 0.3) is 0 Å². The van der Waals surface area contributed by atoms with Crippen LogP contribution in [0.15, 0.2) is 18.2 Å². The average molecular weight is 226 g/mol. The van der Waals surface area contributed by atoms with Crippen molar-refractivity contribution in [3.63, 3.8) is 0 Å². The fourth-order valence-electron chi connectivity index (χ4n) is 1.42. The second-order valence-electron chi connectivity index (χ2n) is 3.69. The number of hydrogen-bond acceptors (Lipinski definition) is 3. The van der Waals surface area contributed by atoms with Crippen LogP contribution in [0, 0.1) is 0 Å². The molecule has 80 valence electrons. The molecule has 1 aliphatic rings. The maximum atomic E-state index is 11.6. The average Bonchev–Trinajstić information content (AvgIpc) is 2.11. The van der Waals surface area contributed by atoms with Crippen molar-refractivity contribution in [2.24, 2.45) is 0 Å². The van der Waals surface area contributed by atoms with Crippen molar-refractivity contribution in [2.45, 2.75) is 25.4 Å². The molecule has 2 N–H and O–H groups in total. The zero-order valence-corrected chi connectivity index (χ0v) is 8.96. The number of halogens is 1. The molecule has 0 bridgehead atoms. The highest BCUT2D eigenvalue weighted by Gasteiger charge is 2.23. The number of nitrogen functional groups attached to an aromatic ring is 1. The molecule has 3 nitrogen and oxygen atoms in total. The molecule has 2 rings (SSSR count). The molecule has 0 saturated heterocycles. The minimum Gasteiger partial charge on any atom is -0.459 e. The highest BCUT2D eigenvalue weighted by atomic mass is 35.5. The van der Waals surface area contributed by atoms with Gasteiger partial charge >= 0.3 is 5.97 Å². The lowest BCUT2D eigenvalue weighted by molar-refractivity contribution is 0.00913. The minimum absolute atomic E-state index is 0.0765. The van der Waals surface area contributed by atoms with E-state index in [9.17, 15) is 4.79 Å². The van der Waals surface area contributed by atoms with Crippen LogP contribution in [0.2, 0.25) is 5.02 Å². The molecule has 0 atom stereocenters. The number of rotatable bonds is 2. The summed E-state index contributed by atoms with van der Waals surface area (Å²) in [6, 6.07) is 4.78. The molecule has 1 aliphatic carbocycles. The Kier molecular flexibility index (Phi) is 2.82. The normalized spacial score (nSPS) is 15.8. The monoisotopic (exact) mass is 225 g/mol. The van der Waals surface area contributed by atoms with E-state index in [-0.39, 0.29) is 12.1 Å². The van der Waals surface area contributed by atoms with Gasteiger partial charge in [-0.05, 0) is 37.5 Å². The zero-order chi connectivity index (χ0) is 10.8. The van der Waals surface area contributed by atoms with Crippen molar-refractivity contribution in [3.8, 4) is 0 Å². The Bertz CT molecular complexity index is 388. The van der Waals surface area contributed by atoms with Crippen LogP contribution in [0.1, 0.15) is 29.6 Å². The number of hydrogen-bond donors (Lipinski definition) is 1. The first-order valence-corrected chi connectivity index (χ1v) is 5.30. The van der Waals surface area contributed by atoms with Crippen LogP contribution >= 0.6 is 11.6 Å². The molecule has 0 heterocycles. The van der Waals surface area contributed by atoms with Crippen LogP contribution in [-0.4, -0.2) is 12.1 Å². The SMILES string of the molecule is Nc1cc(Cl)ccc1C(=O)OC1CCC1. The lowest BCUT2D eigenvalue weighted by Crippen LogP contribution is -2.25. The van der Waals surface area contributed by atoms with E-state index in [4.69, 9.17) is 22.1 Å². The van der Waals surface area contributed by atoms with Gasteiger partial charge in [0.2, 0.25) is 0 Å². The number of ether oxygens (including phenoxy) is 1. The maximum absolute atomic E-state index is 11.6. The minimum atomic E-state index is -0.353.